The SMILES string of the molecule is CNC(=O)NC(=O)COC(=O)/C=C/c1ccc(OC(F)F)cc1. The lowest BCUT2D eigenvalue weighted by molar-refractivity contribution is -0.143. The van der Waals surface area contributed by atoms with E-state index in [-0.39, 0.29) is 5.75 Å². The first-order valence-electron chi connectivity index (χ1n) is 6.32. The van der Waals surface area contributed by atoms with Gasteiger partial charge in [0.05, 0.1) is 0 Å². The van der Waals surface area contributed by atoms with Gasteiger partial charge < -0.3 is 14.8 Å². The van der Waals surface area contributed by atoms with E-state index in [2.05, 4.69) is 14.8 Å². The number of ether oxygens (including phenoxy) is 2. The van der Waals surface area contributed by atoms with E-state index in [1.807, 2.05) is 5.32 Å². The van der Waals surface area contributed by atoms with Crippen molar-refractivity contribution in [3.63, 3.8) is 0 Å². The highest BCUT2D eigenvalue weighted by molar-refractivity contribution is 5.96. The summed E-state index contributed by atoms with van der Waals surface area (Å²) in [6, 6.07) is 4.83. The number of nitrogens with one attached hydrogen (secondary N) is 2. The van der Waals surface area contributed by atoms with Gasteiger partial charge in [-0.1, -0.05) is 12.1 Å². The number of hydrogen-bond acceptors (Lipinski definition) is 5. The van der Waals surface area contributed by atoms with Crippen LogP contribution in [0.2, 0.25) is 0 Å². The van der Waals surface area contributed by atoms with Crippen LogP contribution in [0.5, 0.6) is 5.75 Å². The van der Waals surface area contributed by atoms with Crippen molar-refractivity contribution in [2.75, 3.05) is 13.7 Å². The molecule has 7 nitrogen and oxygen atoms in total. The number of carbonyl (C=O) groups is 3. The minimum absolute atomic E-state index is 0.00871. The lowest BCUT2D eigenvalue weighted by Gasteiger charge is -2.04. The van der Waals surface area contributed by atoms with Crippen LogP contribution >= 0.6 is 0 Å². The highest BCUT2D eigenvalue weighted by Gasteiger charge is 2.08. The minimum atomic E-state index is -2.91. The van der Waals surface area contributed by atoms with E-state index >= 15 is 0 Å². The summed E-state index contributed by atoms with van der Waals surface area (Å²) >= 11 is 0. The van der Waals surface area contributed by atoms with Crippen molar-refractivity contribution >= 4 is 24.0 Å². The van der Waals surface area contributed by atoms with Crippen molar-refractivity contribution in [2.45, 2.75) is 6.61 Å². The summed E-state index contributed by atoms with van der Waals surface area (Å²) in [4.78, 5) is 33.4. The van der Waals surface area contributed by atoms with Crippen LogP contribution in [0.1, 0.15) is 5.56 Å². The molecule has 1 rings (SSSR count). The van der Waals surface area contributed by atoms with Crippen LogP contribution in [-0.2, 0) is 14.3 Å². The average molecular weight is 328 g/mol. The number of rotatable bonds is 6. The molecule has 0 atom stereocenters. The Kier molecular flexibility index (Phi) is 7.18. The molecule has 0 bridgehead atoms. The van der Waals surface area contributed by atoms with Crippen molar-refractivity contribution < 1.29 is 32.6 Å². The van der Waals surface area contributed by atoms with Crippen LogP contribution in [0.3, 0.4) is 0 Å². The molecule has 3 amide bonds. The minimum Gasteiger partial charge on any atom is -0.452 e. The van der Waals surface area contributed by atoms with Crippen LogP contribution in [0.4, 0.5) is 13.6 Å². The molecule has 9 heteroatoms. The van der Waals surface area contributed by atoms with E-state index in [1.54, 1.807) is 0 Å². The first-order chi connectivity index (χ1) is 10.9. The van der Waals surface area contributed by atoms with Crippen molar-refractivity contribution in [2.24, 2.45) is 0 Å². The third kappa shape index (κ3) is 7.55. The smallest absolute Gasteiger partial charge is 0.387 e. The van der Waals surface area contributed by atoms with Gasteiger partial charge in [-0.05, 0) is 23.8 Å². The molecule has 0 spiro atoms. The Hall–Kier alpha value is -2.97. The van der Waals surface area contributed by atoms with Gasteiger partial charge >= 0.3 is 18.6 Å². The molecular formula is C14H14F2N2O5. The lowest BCUT2D eigenvalue weighted by Crippen LogP contribution is -2.39. The largest absolute Gasteiger partial charge is 0.452 e. The van der Waals surface area contributed by atoms with Crippen LogP contribution < -0.4 is 15.4 Å². The topological polar surface area (TPSA) is 93.7 Å². The molecule has 2 N–H and O–H groups in total. The molecule has 0 saturated carbocycles. The number of urea groups is 1. The number of carbonyl (C=O) groups excluding carboxylic acids is 3. The molecule has 23 heavy (non-hydrogen) atoms. The Bertz CT molecular complexity index is 587. The maximum atomic E-state index is 12.0. The van der Waals surface area contributed by atoms with Crippen LogP contribution in [-0.4, -0.2) is 38.2 Å². The highest BCUT2D eigenvalue weighted by Crippen LogP contribution is 2.15. The fraction of sp³-hybridized carbons (Fsp3) is 0.214. The second-order valence-corrected chi connectivity index (χ2v) is 4.02. The van der Waals surface area contributed by atoms with E-state index in [4.69, 9.17) is 0 Å². The second-order valence-electron chi connectivity index (χ2n) is 4.02. The Morgan fingerprint density at radius 3 is 2.43 bits per heavy atom. The number of halogens is 2. The maximum Gasteiger partial charge on any atom is 0.387 e. The second kappa shape index (κ2) is 9.13. The molecule has 0 saturated heterocycles. The summed E-state index contributed by atoms with van der Waals surface area (Å²) in [7, 11) is 1.33. The number of alkyl halides is 2. The molecule has 0 aliphatic heterocycles. The summed E-state index contributed by atoms with van der Waals surface area (Å²) in [5.74, 6) is -1.59. The Labute approximate surface area is 130 Å². The van der Waals surface area contributed by atoms with E-state index in [1.165, 1.54) is 37.4 Å². The molecular weight excluding hydrogens is 314 g/mol. The molecule has 0 aromatic heterocycles. The van der Waals surface area contributed by atoms with Gasteiger partial charge in [-0.15, -0.1) is 0 Å². The quantitative estimate of drug-likeness (QED) is 0.606. The monoisotopic (exact) mass is 328 g/mol. The zero-order valence-corrected chi connectivity index (χ0v) is 12.0. The van der Waals surface area contributed by atoms with E-state index in [0.29, 0.717) is 5.56 Å². The van der Waals surface area contributed by atoms with Gasteiger partial charge in [-0.3, -0.25) is 10.1 Å². The van der Waals surface area contributed by atoms with E-state index < -0.39 is 31.1 Å². The number of imide groups is 1. The Morgan fingerprint density at radius 1 is 1.22 bits per heavy atom. The van der Waals surface area contributed by atoms with Gasteiger partial charge in [0.2, 0.25) is 0 Å². The van der Waals surface area contributed by atoms with E-state index in [9.17, 15) is 23.2 Å². The van der Waals surface area contributed by atoms with Crippen molar-refractivity contribution in [1.29, 1.82) is 0 Å². The fourth-order valence-electron chi connectivity index (χ4n) is 1.33. The van der Waals surface area contributed by atoms with Crippen molar-refractivity contribution in [3.05, 3.63) is 35.9 Å². The number of amides is 3. The molecule has 0 heterocycles. The zero-order valence-electron chi connectivity index (χ0n) is 12.0. The van der Waals surface area contributed by atoms with Crippen molar-refractivity contribution in [1.82, 2.24) is 10.6 Å². The fourth-order valence-corrected chi connectivity index (χ4v) is 1.33. The van der Waals surface area contributed by atoms with Gasteiger partial charge in [-0.2, -0.15) is 8.78 Å². The van der Waals surface area contributed by atoms with Gasteiger partial charge in [-0.25, -0.2) is 9.59 Å². The molecule has 0 radical (unpaired) electrons. The first-order valence-corrected chi connectivity index (χ1v) is 6.32. The van der Waals surface area contributed by atoms with Gasteiger partial charge in [0.1, 0.15) is 5.75 Å². The summed E-state index contributed by atoms with van der Waals surface area (Å²) < 4.78 is 32.7. The first kappa shape index (κ1) is 18.1. The van der Waals surface area contributed by atoms with Gasteiger partial charge in [0.25, 0.3) is 5.91 Å². The van der Waals surface area contributed by atoms with Crippen LogP contribution in [0.25, 0.3) is 6.08 Å². The van der Waals surface area contributed by atoms with Gasteiger partial charge in [0, 0.05) is 13.1 Å². The highest BCUT2D eigenvalue weighted by atomic mass is 19.3. The standard InChI is InChI=1S/C14H14F2N2O5/c1-17-14(21)18-11(19)8-22-12(20)7-4-9-2-5-10(6-3-9)23-13(15)16/h2-7,13H,8H2,1H3,(H2,17,18,19,21)/b7-4+. The number of esters is 1. The Balaban J connectivity index is 2.43. The molecule has 1 aromatic rings. The van der Waals surface area contributed by atoms with Crippen LogP contribution in [0.15, 0.2) is 30.3 Å². The molecule has 0 fully saturated rings. The summed E-state index contributed by atoms with van der Waals surface area (Å²) in [5.41, 5.74) is 0.540. The molecule has 0 aliphatic carbocycles. The van der Waals surface area contributed by atoms with Gasteiger partial charge in [0.15, 0.2) is 6.61 Å². The molecule has 1 aromatic carbocycles. The Morgan fingerprint density at radius 2 is 1.87 bits per heavy atom. The summed E-state index contributed by atoms with van der Waals surface area (Å²) in [6.07, 6.45) is 2.42. The zero-order chi connectivity index (χ0) is 17.2. The van der Waals surface area contributed by atoms with E-state index in [0.717, 1.165) is 6.08 Å². The predicted molar refractivity (Wildman–Crippen MR) is 75.7 cm³/mol. The summed E-state index contributed by atoms with van der Waals surface area (Å²) in [6.45, 7) is -3.52. The third-order valence-corrected chi connectivity index (χ3v) is 2.34. The number of hydrogen-bond donors (Lipinski definition) is 2. The molecule has 124 valence electrons. The van der Waals surface area contributed by atoms with Crippen LogP contribution in [0, 0.1) is 0 Å². The molecule has 0 aliphatic rings. The van der Waals surface area contributed by atoms with Crippen molar-refractivity contribution in [3.8, 4) is 5.75 Å². The number of benzene rings is 1. The predicted octanol–water partition coefficient (Wildman–Crippen LogP) is 1.30. The summed E-state index contributed by atoms with van der Waals surface area (Å²) in [5, 5.41) is 4.08. The normalized spacial score (nSPS) is 10.4. The average Bonchev–Trinajstić information content (AvgIpc) is 2.51. The lowest BCUT2D eigenvalue weighted by atomic mass is 10.2. The molecule has 0 unspecified atom stereocenters. The maximum absolute atomic E-state index is 12.0. The third-order valence-electron chi connectivity index (χ3n) is 2.34.